The highest BCUT2D eigenvalue weighted by Crippen LogP contribution is 2.29. The molecule has 80 valence electrons. The normalized spacial score (nSPS) is 11.4. The summed E-state index contributed by atoms with van der Waals surface area (Å²) in [6.07, 6.45) is 1.88. The zero-order chi connectivity index (χ0) is 11.1. The fourth-order valence-electron chi connectivity index (χ4n) is 2.13. The van der Waals surface area contributed by atoms with Gasteiger partial charge in [0.2, 0.25) is 0 Å². The third kappa shape index (κ3) is 1.23. The van der Waals surface area contributed by atoms with Gasteiger partial charge in [0.25, 0.3) is 0 Å². The molecule has 0 unspecified atom stereocenters. The smallest absolute Gasteiger partial charge is 0.0958 e. The SMILES string of the molecule is CCn1cnc2ccc3c(Cl)cccc3c21. The number of nitrogens with zero attached hydrogens (tertiary/aromatic N) is 2. The van der Waals surface area contributed by atoms with Crippen LogP contribution in [0.4, 0.5) is 0 Å². The molecule has 16 heavy (non-hydrogen) atoms. The number of fused-ring (bicyclic) bond motifs is 3. The predicted octanol–water partition coefficient (Wildman–Crippen LogP) is 3.86. The molecule has 1 aromatic heterocycles. The molecule has 1 heterocycles. The van der Waals surface area contributed by atoms with E-state index in [0.29, 0.717) is 0 Å². The molecule has 2 aromatic carbocycles. The van der Waals surface area contributed by atoms with Crippen LogP contribution in [0.2, 0.25) is 5.02 Å². The van der Waals surface area contributed by atoms with Crippen LogP contribution in [0.1, 0.15) is 6.92 Å². The Balaban J connectivity index is 2.56. The lowest BCUT2D eigenvalue weighted by Crippen LogP contribution is -1.91. The van der Waals surface area contributed by atoms with Gasteiger partial charge in [-0.05, 0) is 19.1 Å². The molecular weight excluding hydrogens is 220 g/mol. The molecule has 0 amide bonds. The largest absolute Gasteiger partial charge is 0.330 e. The molecule has 0 atom stereocenters. The molecule has 0 radical (unpaired) electrons. The zero-order valence-electron chi connectivity index (χ0n) is 8.94. The van der Waals surface area contributed by atoms with Crippen molar-refractivity contribution in [1.29, 1.82) is 0 Å². The number of halogens is 1. The van der Waals surface area contributed by atoms with Crippen molar-refractivity contribution in [3.8, 4) is 0 Å². The van der Waals surface area contributed by atoms with Crippen LogP contribution in [0.5, 0.6) is 0 Å². The van der Waals surface area contributed by atoms with Gasteiger partial charge in [-0.2, -0.15) is 0 Å². The van der Waals surface area contributed by atoms with Crippen molar-refractivity contribution in [3.63, 3.8) is 0 Å². The van der Waals surface area contributed by atoms with Crippen molar-refractivity contribution < 1.29 is 0 Å². The summed E-state index contributed by atoms with van der Waals surface area (Å²) in [4.78, 5) is 4.39. The number of hydrogen-bond donors (Lipinski definition) is 0. The van der Waals surface area contributed by atoms with E-state index in [-0.39, 0.29) is 0 Å². The van der Waals surface area contributed by atoms with Crippen LogP contribution in [0.25, 0.3) is 21.8 Å². The minimum Gasteiger partial charge on any atom is -0.330 e. The fourth-order valence-corrected chi connectivity index (χ4v) is 2.37. The van der Waals surface area contributed by atoms with Gasteiger partial charge in [0, 0.05) is 22.3 Å². The topological polar surface area (TPSA) is 17.8 Å². The second-order valence-corrected chi connectivity index (χ2v) is 4.21. The standard InChI is InChI=1S/C13H11ClN2/c1-2-16-8-15-12-7-6-9-10(13(12)16)4-3-5-11(9)14/h3-8H,2H2,1H3. The first kappa shape index (κ1) is 9.67. The molecular formula is C13H11ClN2. The molecule has 0 bridgehead atoms. The van der Waals surface area contributed by atoms with Gasteiger partial charge in [0.05, 0.1) is 17.4 Å². The number of aromatic nitrogens is 2. The summed E-state index contributed by atoms with van der Waals surface area (Å²) in [6, 6.07) is 10.1. The molecule has 2 nitrogen and oxygen atoms in total. The maximum absolute atomic E-state index is 6.19. The lowest BCUT2D eigenvalue weighted by Gasteiger charge is -2.05. The second-order valence-electron chi connectivity index (χ2n) is 3.80. The summed E-state index contributed by atoms with van der Waals surface area (Å²) in [5.41, 5.74) is 2.19. The monoisotopic (exact) mass is 230 g/mol. The fraction of sp³-hybridized carbons (Fsp3) is 0.154. The Hall–Kier alpha value is -1.54. The van der Waals surface area contributed by atoms with E-state index in [4.69, 9.17) is 11.6 Å². The van der Waals surface area contributed by atoms with Gasteiger partial charge in [-0.25, -0.2) is 4.98 Å². The highest BCUT2D eigenvalue weighted by Gasteiger charge is 2.07. The molecule has 0 N–H and O–H groups in total. The lowest BCUT2D eigenvalue weighted by atomic mass is 10.1. The van der Waals surface area contributed by atoms with E-state index in [1.165, 1.54) is 10.9 Å². The summed E-state index contributed by atoms with van der Waals surface area (Å²) < 4.78 is 2.15. The maximum atomic E-state index is 6.19. The summed E-state index contributed by atoms with van der Waals surface area (Å²) in [5.74, 6) is 0. The van der Waals surface area contributed by atoms with Crippen LogP contribution in [-0.2, 0) is 6.54 Å². The van der Waals surface area contributed by atoms with Crippen molar-refractivity contribution in [3.05, 3.63) is 41.7 Å². The number of imidazole rings is 1. The van der Waals surface area contributed by atoms with Crippen LogP contribution in [0, 0.1) is 0 Å². The lowest BCUT2D eigenvalue weighted by molar-refractivity contribution is 0.789. The average Bonchev–Trinajstić information content (AvgIpc) is 2.72. The van der Waals surface area contributed by atoms with E-state index < -0.39 is 0 Å². The van der Waals surface area contributed by atoms with E-state index in [9.17, 15) is 0 Å². The van der Waals surface area contributed by atoms with Crippen LogP contribution in [0.15, 0.2) is 36.7 Å². The van der Waals surface area contributed by atoms with Crippen LogP contribution >= 0.6 is 11.6 Å². The molecule has 0 spiro atoms. The van der Waals surface area contributed by atoms with Gasteiger partial charge >= 0.3 is 0 Å². The Morgan fingerprint density at radius 3 is 2.88 bits per heavy atom. The first-order chi connectivity index (χ1) is 7.81. The van der Waals surface area contributed by atoms with Crippen LogP contribution in [0.3, 0.4) is 0 Å². The number of aryl methyl sites for hydroxylation is 1. The highest BCUT2D eigenvalue weighted by atomic mass is 35.5. The highest BCUT2D eigenvalue weighted by molar-refractivity contribution is 6.36. The van der Waals surface area contributed by atoms with E-state index in [0.717, 1.165) is 22.5 Å². The minimum absolute atomic E-state index is 0.795. The summed E-state index contributed by atoms with van der Waals surface area (Å²) in [7, 11) is 0. The van der Waals surface area contributed by atoms with Crippen molar-refractivity contribution in [2.45, 2.75) is 13.5 Å². The summed E-state index contributed by atoms with van der Waals surface area (Å²) in [6.45, 7) is 3.03. The summed E-state index contributed by atoms with van der Waals surface area (Å²) in [5, 5.41) is 3.06. The van der Waals surface area contributed by atoms with Gasteiger partial charge in [-0.1, -0.05) is 29.8 Å². The maximum Gasteiger partial charge on any atom is 0.0958 e. The Bertz CT molecular complexity index is 670. The molecule has 3 aromatic rings. The Morgan fingerprint density at radius 2 is 2.06 bits per heavy atom. The quantitative estimate of drug-likeness (QED) is 0.621. The minimum atomic E-state index is 0.795. The van der Waals surface area contributed by atoms with E-state index in [2.05, 4.69) is 22.5 Å². The van der Waals surface area contributed by atoms with Gasteiger partial charge in [0.15, 0.2) is 0 Å². The van der Waals surface area contributed by atoms with Gasteiger partial charge in [-0.15, -0.1) is 0 Å². The number of rotatable bonds is 1. The van der Waals surface area contributed by atoms with Crippen LogP contribution in [-0.4, -0.2) is 9.55 Å². The third-order valence-corrected chi connectivity index (χ3v) is 3.25. The second kappa shape index (κ2) is 3.49. The molecule has 0 aliphatic heterocycles. The third-order valence-electron chi connectivity index (χ3n) is 2.92. The van der Waals surface area contributed by atoms with Gasteiger partial charge in [0.1, 0.15) is 0 Å². The van der Waals surface area contributed by atoms with E-state index in [1.54, 1.807) is 0 Å². The van der Waals surface area contributed by atoms with Gasteiger partial charge < -0.3 is 4.57 Å². The first-order valence-electron chi connectivity index (χ1n) is 5.33. The number of hydrogen-bond acceptors (Lipinski definition) is 1. The van der Waals surface area contributed by atoms with Gasteiger partial charge in [-0.3, -0.25) is 0 Å². The Kier molecular flexibility index (Phi) is 2.11. The van der Waals surface area contributed by atoms with Crippen molar-refractivity contribution in [2.24, 2.45) is 0 Å². The Labute approximate surface area is 98.5 Å². The van der Waals surface area contributed by atoms with Crippen LogP contribution < -0.4 is 0 Å². The van der Waals surface area contributed by atoms with E-state index in [1.807, 2.05) is 30.6 Å². The zero-order valence-corrected chi connectivity index (χ0v) is 9.70. The molecule has 0 saturated heterocycles. The number of benzene rings is 2. The Morgan fingerprint density at radius 1 is 1.19 bits per heavy atom. The van der Waals surface area contributed by atoms with E-state index >= 15 is 0 Å². The molecule has 3 rings (SSSR count). The predicted molar refractivity (Wildman–Crippen MR) is 67.9 cm³/mol. The summed E-state index contributed by atoms with van der Waals surface area (Å²) >= 11 is 6.19. The first-order valence-corrected chi connectivity index (χ1v) is 5.71. The average molecular weight is 231 g/mol. The molecule has 0 aliphatic rings. The molecule has 0 fully saturated rings. The molecule has 0 aliphatic carbocycles. The molecule has 3 heteroatoms. The van der Waals surface area contributed by atoms with Crippen molar-refractivity contribution in [1.82, 2.24) is 9.55 Å². The van der Waals surface area contributed by atoms with Crippen molar-refractivity contribution >= 4 is 33.4 Å². The molecule has 0 saturated carbocycles. The van der Waals surface area contributed by atoms with Crippen molar-refractivity contribution in [2.75, 3.05) is 0 Å².